The van der Waals surface area contributed by atoms with Crippen LogP contribution in [0, 0.1) is 0 Å². The summed E-state index contributed by atoms with van der Waals surface area (Å²) >= 11 is 1.46. The van der Waals surface area contributed by atoms with Crippen LogP contribution in [0.25, 0.3) is 0 Å². The zero-order chi connectivity index (χ0) is 7.40. The molecule has 10 heavy (non-hydrogen) atoms. The van der Waals surface area contributed by atoms with Gasteiger partial charge in [-0.15, -0.1) is 11.8 Å². The molecule has 1 heterocycles. The maximum atomic E-state index is 10.8. The average Bonchev–Trinajstić information content (AvgIpc) is 2.05. The Morgan fingerprint density at radius 1 is 1.90 bits per heavy atom. The molecule has 0 saturated heterocycles. The Morgan fingerprint density at radius 3 is 3.20 bits per heavy atom. The van der Waals surface area contributed by atoms with Gasteiger partial charge in [-0.3, -0.25) is 0 Å². The van der Waals surface area contributed by atoms with Crippen molar-refractivity contribution >= 4 is 17.7 Å². The van der Waals surface area contributed by atoms with Gasteiger partial charge >= 0.3 is 5.97 Å². The number of ether oxygens (including phenoxy) is 2. The minimum atomic E-state index is -0.315. The summed E-state index contributed by atoms with van der Waals surface area (Å²) in [6.45, 7) is 0.672. The van der Waals surface area contributed by atoms with E-state index >= 15 is 0 Å². The molecule has 0 amide bonds. The molecular weight excluding hydrogens is 152 g/mol. The van der Waals surface area contributed by atoms with Crippen molar-refractivity contribution in [3.63, 3.8) is 0 Å². The molecule has 0 aliphatic carbocycles. The monoisotopic (exact) mass is 160 g/mol. The van der Waals surface area contributed by atoms with E-state index in [0.29, 0.717) is 11.5 Å². The van der Waals surface area contributed by atoms with Crippen LogP contribution in [-0.4, -0.2) is 25.4 Å². The van der Waals surface area contributed by atoms with Crippen LogP contribution in [0.1, 0.15) is 0 Å². The van der Waals surface area contributed by atoms with Gasteiger partial charge in [-0.05, 0) is 0 Å². The van der Waals surface area contributed by atoms with Crippen LogP contribution in [0.2, 0.25) is 0 Å². The molecule has 0 aromatic heterocycles. The molecule has 1 rings (SSSR count). The molecule has 1 aliphatic rings. The molecule has 4 heteroatoms. The number of hydrogen-bond donors (Lipinski definition) is 0. The van der Waals surface area contributed by atoms with Gasteiger partial charge in [0.15, 0.2) is 0 Å². The Hall–Kier alpha value is -0.640. The molecule has 0 unspecified atom stereocenters. The van der Waals surface area contributed by atoms with Gasteiger partial charge in [0, 0.05) is 5.75 Å². The van der Waals surface area contributed by atoms with E-state index in [9.17, 15) is 4.79 Å². The smallest absolute Gasteiger partial charge is 0.347 e. The lowest BCUT2D eigenvalue weighted by Crippen LogP contribution is -2.08. The number of hydrogen-bond acceptors (Lipinski definition) is 4. The lowest BCUT2D eigenvalue weighted by Gasteiger charge is -2.10. The van der Waals surface area contributed by atoms with E-state index in [1.54, 1.807) is 0 Å². The summed E-state index contributed by atoms with van der Waals surface area (Å²) < 4.78 is 9.40. The van der Waals surface area contributed by atoms with Gasteiger partial charge in [0.2, 0.25) is 0 Å². The number of rotatable bonds is 1. The summed E-state index contributed by atoms with van der Waals surface area (Å²) in [6.07, 6.45) is 1.44. The minimum absolute atomic E-state index is 0.315. The maximum absolute atomic E-state index is 10.8. The Balaban J connectivity index is 2.53. The summed E-state index contributed by atoms with van der Waals surface area (Å²) in [4.78, 5) is 11.3. The number of thioether (sulfide) groups is 1. The molecule has 0 radical (unpaired) electrons. The third-order valence-electron chi connectivity index (χ3n) is 1.04. The zero-order valence-electron chi connectivity index (χ0n) is 5.62. The lowest BCUT2D eigenvalue weighted by atomic mass is 10.6. The van der Waals surface area contributed by atoms with Crippen molar-refractivity contribution in [3.8, 4) is 0 Å². The summed E-state index contributed by atoms with van der Waals surface area (Å²) in [5, 5.41) is 0. The van der Waals surface area contributed by atoms with E-state index in [1.165, 1.54) is 25.1 Å². The molecule has 0 aromatic carbocycles. The first kappa shape index (κ1) is 7.47. The van der Waals surface area contributed by atoms with Crippen LogP contribution in [-0.2, 0) is 14.3 Å². The summed E-state index contributed by atoms with van der Waals surface area (Å²) in [6, 6.07) is 0. The van der Waals surface area contributed by atoms with Crippen molar-refractivity contribution in [2.75, 3.05) is 19.5 Å². The van der Waals surface area contributed by atoms with Crippen LogP contribution in [0.5, 0.6) is 0 Å². The highest BCUT2D eigenvalue weighted by molar-refractivity contribution is 8.04. The van der Waals surface area contributed by atoms with Gasteiger partial charge in [0.25, 0.3) is 0 Å². The van der Waals surface area contributed by atoms with E-state index in [1.807, 2.05) is 0 Å². The Kier molecular flexibility index (Phi) is 2.62. The summed E-state index contributed by atoms with van der Waals surface area (Å²) in [7, 11) is 1.36. The normalized spacial score (nSPS) is 17.1. The molecule has 1 aliphatic heterocycles. The van der Waals surface area contributed by atoms with Crippen molar-refractivity contribution in [2.24, 2.45) is 0 Å². The third-order valence-corrected chi connectivity index (χ3v) is 1.98. The Bertz CT molecular complexity index is 164. The molecule has 0 saturated carbocycles. The molecule has 0 aromatic rings. The van der Waals surface area contributed by atoms with Crippen LogP contribution in [0.4, 0.5) is 0 Å². The second kappa shape index (κ2) is 3.51. The fourth-order valence-corrected chi connectivity index (χ4v) is 1.31. The largest absolute Gasteiger partial charge is 0.499 e. The molecular formula is C6H8O3S. The first-order chi connectivity index (χ1) is 4.84. The number of methoxy groups -OCH3 is 1. The highest BCUT2D eigenvalue weighted by atomic mass is 32.2. The molecule has 0 fully saturated rings. The standard InChI is InChI=1S/C6H8O3S/c1-8-6(7)5-4-9-2-3-10-5/h4H,2-3H2,1H3. The second-order valence-corrected chi connectivity index (χ2v) is 2.83. The van der Waals surface area contributed by atoms with Gasteiger partial charge < -0.3 is 9.47 Å². The first-order valence-corrected chi connectivity index (χ1v) is 3.86. The molecule has 3 nitrogen and oxygen atoms in total. The van der Waals surface area contributed by atoms with Crippen LogP contribution in [0.15, 0.2) is 11.2 Å². The highest BCUT2D eigenvalue weighted by Crippen LogP contribution is 2.20. The third kappa shape index (κ3) is 1.67. The SMILES string of the molecule is COC(=O)C1=COCCS1. The van der Waals surface area contributed by atoms with Crippen molar-refractivity contribution in [3.05, 3.63) is 11.2 Å². The quantitative estimate of drug-likeness (QED) is 0.531. The van der Waals surface area contributed by atoms with Gasteiger partial charge in [-0.1, -0.05) is 0 Å². The fourth-order valence-electron chi connectivity index (χ4n) is 0.576. The van der Waals surface area contributed by atoms with Crippen molar-refractivity contribution < 1.29 is 14.3 Å². The molecule has 0 bridgehead atoms. The first-order valence-electron chi connectivity index (χ1n) is 2.87. The van der Waals surface area contributed by atoms with E-state index in [4.69, 9.17) is 4.74 Å². The summed E-state index contributed by atoms with van der Waals surface area (Å²) in [5.41, 5.74) is 0. The second-order valence-electron chi connectivity index (χ2n) is 1.69. The molecule has 0 spiro atoms. The molecule has 0 atom stereocenters. The van der Waals surface area contributed by atoms with Crippen LogP contribution in [0.3, 0.4) is 0 Å². The van der Waals surface area contributed by atoms with Crippen molar-refractivity contribution in [1.29, 1.82) is 0 Å². The topological polar surface area (TPSA) is 35.5 Å². The van der Waals surface area contributed by atoms with Crippen molar-refractivity contribution in [1.82, 2.24) is 0 Å². The van der Waals surface area contributed by atoms with E-state index in [-0.39, 0.29) is 5.97 Å². The Labute approximate surface area is 63.4 Å². The van der Waals surface area contributed by atoms with E-state index in [2.05, 4.69) is 4.74 Å². The van der Waals surface area contributed by atoms with Crippen LogP contribution < -0.4 is 0 Å². The van der Waals surface area contributed by atoms with Gasteiger partial charge in [0.1, 0.15) is 11.2 Å². The lowest BCUT2D eigenvalue weighted by molar-refractivity contribution is -0.135. The van der Waals surface area contributed by atoms with Gasteiger partial charge in [-0.25, -0.2) is 4.79 Å². The summed E-state index contributed by atoms with van der Waals surface area (Å²) in [5.74, 6) is 0.505. The number of carbonyl (C=O) groups is 1. The predicted octanol–water partition coefficient (Wildman–Crippen LogP) is 0.764. The fraction of sp³-hybridized carbons (Fsp3) is 0.500. The minimum Gasteiger partial charge on any atom is -0.499 e. The number of esters is 1. The zero-order valence-corrected chi connectivity index (χ0v) is 6.44. The average molecular weight is 160 g/mol. The van der Waals surface area contributed by atoms with Crippen molar-refractivity contribution in [2.45, 2.75) is 0 Å². The van der Waals surface area contributed by atoms with Crippen LogP contribution >= 0.6 is 11.8 Å². The van der Waals surface area contributed by atoms with E-state index < -0.39 is 0 Å². The van der Waals surface area contributed by atoms with E-state index in [0.717, 1.165) is 5.75 Å². The Morgan fingerprint density at radius 2 is 2.70 bits per heavy atom. The molecule has 0 N–H and O–H groups in total. The predicted molar refractivity (Wildman–Crippen MR) is 38.5 cm³/mol. The van der Waals surface area contributed by atoms with Gasteiger partial charge in [0.05, 0.1) is 13.7 Å². The highest BCUT2D eigenvalue weighted by Gasteiger charge is 2.13. The number of carbonyl (C=O) groups excluding carboxylic acids is 1. The maximum Gasteiger partial charge on any atom is 0.347 e. The van der Waals surface area contributed by atoms with Gasteiger partial charge in [-0.2, -0.15) is 0 Å². The molecule has 56 valence electrons.